The topological polar surface area (TPSA) is 43.8 Å². The number of hydrogen-bond donors (Lipinski definition) is 1. The minimum absolute atomic E-state index is 0.0320. The van der Waals surface area contributed by atoms with Crippen LogP contribution < -0.4 is 0 Å². The molecule has 3 atom stereocenters. The molecule has 1 N–H and O–H groups in total. The molecule has 3 aromatic carbocycles. The van der Waals surface area contributed by atoms with Crippen LogP contribution in [0.15, 0.2) is 97.1 Å². The van der Waals surface area contributed by atoms with Gasteiger partial charge in [0.25, 0.3) is 0 Å². The first-order valence-electron chi connectivity index (χ1n) is 11.1. The van der Waals surface area contributed by atoms with Crippen molar-refractivity contribution in [2.24, 2.45) is 0 Å². The molecule has 0 radical (unpaired) electrons. The Morgan fingerprint density at radius 1 is 0.781 bits per heavy atom. The Labute approximate surface area is 191 Å². The summed E-state index contributed by atoms with van der Waals surface area (Å²) in [7, 11) is -3.33. The van der Waals surface area contributed by atoms with E-state index in [1.165, 1.54) is 0 Å². The summed E-state index contributed by atoms with van der Waals surface area (Å²) in [6.45, 7) is 5.29. The van der Waals surface area contributed by atoms with Crippen molar-refractivity contribution in [3.63, 3.8) is 0 Å². The van der Waals surface area contributed by atoms with Crippen molar-refractivity contribution >= 4 is 13.5 Å². The fraction of sp³-hybridized carbons (Fsp3) is 0.259. The molecule has 1 aliphatic rings. The molecule has 1 saturated heterocycles. The second-order valence-corrected chi connectivity index (χ2v) is 11.2. The summed E-state index contributed by atoms with van der Waals surface area (Å²) in [6, 6.07) is 30.0. The van der Waals surface area contributed by atoms with Gasteiger partial charge in [0.05, 0.1) is 0 Å². The van der Waals surface area contributed by atoms with Gasteiger partial charge in [-0.05, 0) is 36.6 Å². The average Bonchev–Trinajstić information content (AvgIpc) is 3.01. The van der Waals surface area contributed by atoms with E-state index in [-0.39, 0.29) is 12.1 Å². The van der Waals surface area contributed by atoms with Gasteiger partial charge in [-0.25, -0.2) is 9.34 Å². The number of rotatable bonds is 7. The third-order valence-electron chi connectivity index (χ3n) is 6.35. The van der Waals surface area contributed by atoms with Crippen molar-refractivity contribution in [2.75, 3.05) is 0 Å². The van der Waals surface area contributed by atoms with Crippen molar-refractivity contribution in [1.29, 1.82) is 0 Å². The van der Waals surface area contributed by atoms with Crippen LogP contribution in [0, 0.1) is 0 Å². The minimum Gasteiger partial charge on any atom is -0.378 e. The fourth-order valence-corrected chi connectivity index (χ4v) is 7.75. The van der Waals surface area contributed by atoms with Gasteiger partial charge >= 0.3 is 0 Å². The molecule has 3 aromatic rings. The lowest BCUT2D eigenvalue weighted by Gasteiger charge is -2.34. The highest BCUT2D eigenvalue weighted by molar-refractivity contribution is 7.60. The van der Waals surface area contributed by atoms with Crippen LogP contribution in [0.2, 0.25) is 0 Å². The molecule has 32 heavy (non-hydrogen) atoms. The van der Waals surface area contributed by atoms with Crippen LogP contribution in [0.5, 0.6) is 0 Å². The first-order chi connectivity index (χ1) is 15.5. The van der Waals surface area contributed by atoms with Crippen LogP contribution >= 0.6 is 7.44 Å². The van der Waals surface area contributed by atoms with Crippen LogP contribution in [0.1, 0.15) is 30.5 Å². The maximum atomic E-state index is 14.8. The monoisotopic (exact) mass is 446 g/mol. The lowest BCUT2D eigenvalue weighted by Crippen LogP contribution is -2.32. The number of aliphatic hydroxyl groups is 1. The SMILES string of the molecule is C[C@@H]1[C@@H](C)N(Cc2ccccc2)P(=O)(C(O)/C=C/c2ccccc2)N1Cc1ccccc1. The van der Waals surface area contributed by atoms with E-state index >= 15 is 0 Å². The molecule has 0 aromatic heterocycles. The van der Waals surface area contributed by atoms with E-state index in [2.05, 4.69) is 13.8 Å². The number of benzene rings is 3. The minimum atomic E-state index is -3.33. The quantitative estimate of drug-likeness (QED) is 0.452. The van der Waals surface area contributed by atoms with Gasteiger partial charge in [-0.1, -0.05) is 97.1 Å². The van der Waals surface area contributed by atoms with E-state index in [0.717, 1.165) is 16.7 Å². The molecule has 166 valence electrons. The zero-order chi connectivity index (χ0) is 22.6. The lowest BCUT2D eigenvalue weighted by molar-refractivity contribution is 0.261. The number of hydrogen-bond acceptors (Lipinski definition) is 2. The van der Waals surface area contributed by atoms with Crippen LogP contribution in [-0.4, -0.2) is 32.4 Å². The van der Waals surface area contributed by atoms with Crippen LogP contribution in [-0.2, 0) is 17.7 Å². The summed E-state index contributed by atoms with van der Waals surface area (Å²) in [5.74, 6) is -1.09. The van der Waals surface area contributed by atoms with Crippen molar-refractivity contribution < 1.29 is 9.67 Å². The molecule has 1 fully saturated rings. The van der Waals surface area contributed by atoms with Gasteiger partial charge in [-0.15, -0.1) is 0 Å². The van der Waals surface area contributed by atoms with Crippen LogP contribution in [0.3, 0.4) is 0 Å². The molecule has 0 aliphatic carbocycles. The second kappa shape index (κ2) is 9.97. The maximum Gasteiger partial charge on any atom is 0.249 e. The van der Waals surface area contributed by atoms with Gasteiger partial charge in [0.2, 0.25) is 7.44 Å². The van der Waals surface area contributed by atoms with Gasteiger partial charge in [0.1, 0.15) is 0 Å². The van der Waals surface area contributed by atoms with Gasteiger partial charge < -0.3 is 5.11 Å². The molecule has 4 rings (SSSR count). The Kier molecular flexibility index (Phi) is 7.07. The highest BCUT2D eigenvalue weighted by Crippen LogP contribution is 2.65. The first-order valence-corrected chi connectivity index (χ1v) is 12.8. The highest BCUT2D eigenvalue weighted by atomic mass is 31.2. The average molecular weight is 447 g/mol. The number of aliphatic hydroxyl groups excluding tert-OH is 1. The molecule has 1 aliphatic heterocycles. The number of nitrogens with zero attached hydrogens (tertiary/aromatic N) is 2. The second-order valence-electron chi connectivity index (χ2n) is 8.42. The summed E-state index contributed by atoms with van der Waals surface area (Å²) in [4.78, 5) is 0. The Hall–Kier alpha value is -2.49. The van der Waals surface area contributed by atoms with Gasteiger partial charge in [0, 0.05) is 25.2 Å². The van der Waals surface area contributed by atoms with Crippen LogP contribution in [0.25, 0.3) is 6.08 Å². The zero-order valence-electron chi connectivity index (χ0n) is 18.7. The predicted octanol–water partition coefficient (Wildman–Crippen LogP) is 6.01. The summed E-state index contributed by atoms with van der Waals surface area (Å²) in [5, 5.41) is 11.4. The molecule has 5 heteroatoms. The smallest absolute Gasteiger partial charge is 0.249 e. The normalized spacial score (nSPS) is 22.3. The van der Waals surface area contributed by atoms with Crippen molar-refractivity contribution in [1.82, 2.24) is 9.34 Å². The van der Waals surface area contributed by atoms with E-state index in [4.69, 9.17) is 0 Å². The molecule has 0 bridgehead atoms. The van der Waals surface area contributed by atoms with E-state index in [1.807, 2.05) is 106 Å². The summed E-state index contributed by atoms with van der Waals surface area (Å²) < 4.78 is 18.8. The van der Waals surface area contributed by atoms with E-state index in [0.29, 0.717) is 13.1 Å². The van der Waals surface area contributed by atoms with Crippen molar-refractivity contribution in [2.45, 2.75) is 44.9 Å². The van der Waals surface area contributed by atoms with Gasteiger partial charge in [-0.3, -0.25) is 4.57 Å². The standard InChI is InChI=1S/C27H31N2O2P/c1-22-23(2)29(21-26-16-10-5-11-17-26)32(31,28(22)20-25-14-8-4-9-15-25)27(30)19-18-24-12-6-3-7-13-24/h3-19,22-23,27,30H,20-21H2,1-2H3/b19-18+/t22-,23-,27?/m1/s1. The Morgan fingerprint density at radius 2 is 1.19 bits per heavy atom. The Bertz CT molecular complexity index is 1020. The maximum absolute atomic E-state index is 14.8. The lowest BCUT2D eigenvalue weighted by atomic mass is 10.1. The molecule has 0 spiro atoms. The van der Waals surface area contributed by atoms with Crippen molar-refractivity contribution in [3.8, 4) is 0 Å². The summed E-state index contributed by atoms with van der Waals surface area (Å²) in [5.41, 5.74) is 3.16. The molecular formula is C27H31N2O2P. The largest absolute Gasteiger partial charge is 0.378 e. The molecule has 0 amide bonds. The van der Waals surface area contributed by atoms with Gasteiger partial charge in [0.15, 0.2) is 5.85 Å². The van der Waals surface area contributed by atoms with E-state index < -0.39 is 13.3 Å². The van der Waals surface area contributed by atoms with E-state index in [1.54, 1.807) is 6.08 Å². The van der Waals surface area contributed by atoms with Gasteiger partial charge in [-0.2, -0.15) is 0 Å². The predicted molar refractivity (Wildman–Crippen MR) is 132 cm³/mol. The summed E-state index contributed by atoms with van der Waals surface area (Å²) >= 11 is 0. The molecule has 4 nitrogen and oxygen atoms in total. The Balaban J connectivity index is 1.70. The van der Waals surface area contributed by atoms with Crippen LogP contribution in [0.4, 0.5) is 0 Å². The molecular weight excluding hydrogens is 415 g/mol. The molecule has 1 heterocycles. The molecule has 0 saturated carbocycles. The third kappa shape index (κ3) is 4.65. The highest BCUT2D eigenvalue weighted by Gasteiger charge is 2.54. The third-order valence-corrected chi connectivity index (χ3v) is 9.70. The molecule has 1 unspecified atom stereocenters. The Morgan fingerprint density at radius 3 is 1.62 bits per heavy atom. The van der Waals surface area contributed by atoms with Crippen molar-refractivity contribution in [3.05, 3.63) is 114 Å². The zero-order valence-corrected chi connectivity index (χ0v) is 19.6. The van der Waals surface area contributed by atoms with E-state index in [9.17, 15) is 9.67 Å². The first kappa shape index (κ1) is 22.7. The fourth-order valence-electron chi connectivity index (χ4n) is 4.38. The summed E-state index contributed by atoms with van der Waals surface area (Å²) in [6.07, 6.45) is 3.55.